The van der Waals surface area contributed by atoms with E-state index in [1.54, 1.807) is 23.7 Å². The Kier molecular flexibility index (Phi) is 5.29. The summed E-state index contributed by atoms with van der Waals surface area (Å²) in [4.78, 5) is 15.0. The van der Waals surface area contributed by atoms with E-state index < -0.39 is 4.92 Å². The average molecular weight is 376 g/mol. The van der Waals surface area contributed by atoms with Gasteiger partial charge in [0, 0.05) is 35.0 Å². The SMILES string of the molecule is Cc1cccc(NC=C(C#N)c2nc(-c3cccc([N+](=O)[O-])c3)cs2)c1C. The fourth-order valence-electron chi connectivity index (χ4n) is 2.51. The predicted octanol–water partition coefficient (Wildman–Crippen LogP) is 5.31. The van der Waals surface area contributed by atoms with E-state index in [0.29, 0.717) is 21.8 Å². The highest BCUT2D eigenvalue weighted by Crippen LogP contribution is 2.28. The summed E-state index contributed by atoms with van der Waals surface area (Å²) in [7, 11) is 0. The van der Waals surface area contributed by atoms with Crippen molar-refractivity contribution in [3.8, 4) is 17.3 Å². The van der Waals surface area contributed by atoms with Gasteiger partial charge < -0.3 is 5.32 Å². The van der Waals surface area contributed by atoms with E-state index in [4.69, 9.17) is 0 Å². The number of hydrogen-bond donors (Lipinski definition) is 1. The Morgan fingerprint density at radius 1 is 1.30 bits per heavy atom. The zero-order valence-electron chi connectivity index (χ0n) is 14.8. The molecule has 0 spiro atoms. The summed E-state index contributed by atoms with van der Waals surface area (Å²) in [5.74, 6) is 0. The van der Waals surface area contributed by atoms with Gasteiger partial charge in [-0.15, -0.1) is 11.3 Å². The maximum Gasteiger partial charge on any atom is 0.270 e. The number of aryl methyl sites for hydroxylation is 1. The monoisotopic (exact) mass is 376 g/mol. The molecule has 0 amide bonds. The molecule has 0 aliphatic rings. The van der Waals surface area contributed by atoms with Crippen molar-refractivity contribution >= 4 is 28.3 Å². The van der Waals surface area contributed by atoms with Crippen LogP contribution < -0.4 is 5.32 Å². The summed E-state index contributed by atoms with van der Waals surface area (Å²) in [5.41, 5.74) is 4.86. The first-order valence-electron chi connectivity index (χ1n) is 8.13. The van der Waals surface area contributed by atoms with Crippen molar-refractivity contribution < 1.29 is 4.92 Å². The van der Waals surface area contributed by atoms with Crippen LogP contribution in [0.4, 0.5) is 11.4 Å². The van der Waals surface area contributed by atoms with Crippen molar-refractivity contribution in [3.05, 3.63) is 80.3 Å². The van der Waals surface area contributed by atoms with Crippen LogP contribution >= 0.6 is 11.3 Å². The molecule has 0 unspecified atom stereocenters. The standard InChI is InChI=1S/C20H16N4O2S/c1-13-5-3-8-18(14(13)2)22-11-16(10-21)20-23-19(12-27-20)15-6-4-7-17(9-15)24(25)26/h3-9,11-12,22H,1-2H3. The second kappa shape index (κ2) is 7.81. The van der Waals surface area contributed by atoms with Gasteiger partial charge >= 0.3 is 0 Å². The number of hydrogen-bond acceptors (Lipinski definition) is 6. The van der Waals surface area contributed by atoms with Crippen molar-refractivity contribution in [3.63, 3.8) is 0 Å². The van der Waals surface area contributed by atoms with Crippen LogP contribution in [0.2, 0.25) is 0 Å². The Morgan fingerprint density at radius 3 is 2.81 bits per heavy atom. The first kappa shape index (κ1) is 18.3. The zero-order chi connectivity index (χ0) is 19.4. The summed E-state index contributed by atoms with van der Waals surface area (Å²) in [5, 5.41) is 26.0. The van der Waals surface area contributed by atoms with E-state index in [2.05, 4.69) is 16.4 Å². The first-order chi connectivity index (χ1) is 13.0. The minimum absolute atomic E-state index is 0.00897. The van der Waals surface area contributed by atoms with Gasteiger partial charge in [-0.2, -0.15) is 5.26 Å². The number of nitro groups is 1. The summed E-state index contributed by atoms with van der Waals surface area (Å²) >= 11 is 1.32. The molecule has 27 heavy (non-hydrogen) atoms. The minimum atomic E-state index is -0.439. The number of nitrogens with one attached hydrogen (secondary N) is 1. The number of rotatable bonds is 5. The average Bonchev–Trinajstić information content (AvgIpc) is 3.15. The lowest BCUT2D eigenvalue weighted by Crippen LogP contribution is -1.95. The molecule has 0 bridgehead atoms. The van der Waals surface area contributed by atoms with Crippen molar-refractivity contribution in [2.45, 2.75) is 13.8 Å². The van der Waals surface area contributed by atoms with E-state index in [1.807, 2.05) is 32.0 Å². The van der Waals surface area contributed by atoms with Crippen molar-refractivity contribution in [2.75, 3.05) is 5.32 Å². The molecule has 7 heteroatoms. The highest BCUT2D eigenvalue weighted by Gasteiger charge is 2.12. The van der Waals surface area contributed by atoms with Gasteiger partial charge in [0.1, 0.15) is 16.6 Å². The van der Waals surface area contributed by atoms with Crippen LogP contribution in [0.1, 0.15) is 16.1 Å². The van der Waals surface area contributed by atoms with Gasteiger partial charge in [0.05, 0.1) is 10.6 Å². The van der Waals surface area contributed by atoms with E-state index in [-0.39, 0.29) is 5.69 Å². The normalized spacial score (nSPS) is 11.1. The molecule has 1 aromatic heterocycles. The van der Waals surface area contributed by atoms with Crippen LogP contribution in [0.5, 0.6) is 0 Å². The van der Waals surface area contributed by atoms with Crippen LogP contribution in [-0.2, 0) is 0 Å². The molecule has 134 valence electrons. The molecule has 0 atom stereocenters. The molecule has 1 heterocycles. The summed E-state index contributed by atoms with van der Waals surface area (Å²) in [6.07, 6.45) is 1.64. The Morgan fingerprint density at radius 2 is 2.07 bits per heavy atom. The largest absolute Gasteiger partial charge is 0.360 e. The molecule has 0 saturated carbocycles. The number of nitrogens with zero attached hydrogens (tertiary/aromatic N) is 3. The lowest BCUT2D eigenvalue weighted by molar-refractivity contribution is -0.384. The number of aromatic nitrogens is 1. The van der Waals surface area contributed by atoms with E-state index in [0.717, 1.165) is 16.8 Å². The lowest BCUT2D eigenvalue weighted by Gasteiger charge is -2.08. The number of nitriles is 1. The molecule has 0 saturated heterocycles. The minimum Gasteiger partial charge on any atom is -0.360 e. The Balaban J connectivity index is 1.87. The predicted molar refractivity (Wildman–Crippen MR) is 107 cm³/mol. The molecule has 0 radical (unpaired) electrons. The van der Waals surface area contributed by atoms with Crippen molar-refractivity contribution in [1.29, 1.82) is 5.26 Å². The topological polar surface area (TPSA) is 91.8 Å². The van der Waals surface area contributed by atoms with Gasteiger partial charge in [-0.1, -0.05) is 24.3 Å². The summed E-state index contributed by atoms with van der Waals surface area (Å²) in [6.45, 7) is 4.04. The van der Waals surface area contributed by atoms with Crippen LogP contribution in [0, 0.1) is 35.3 Å². The van der Waals surface area contributed by atoms with Gasteiger partial charge in [0.25, 0.3) is 5.69 Å². The van der Waals surface area contributed by atoms with Gasteiger partial charge in [0.15, 0.2) is 0 Å². The molecule has 0 aliphatic heterocycles. The molecule has 6 nitrogen and oxygen atoms in total. The molecular weight excluding hydrogens is 360 g/mol. The van der Waals surface area contributed by atoms with Crippen molar-refractivity contribution in [2.24, 2.45) is 0 Å². The van der Waals surface area contributed by atoms with Gasteiger partial charge in [-0.05, 0) is 31.0 Å². The first-order valence-corrected chi connectivity index (χ1v) is 9.01. The molecule has 0 fully saturated rings. The number of benzene rings is 2. The lowest BCUT2D eigenvalue weighted by atomic mass is 10.1. The van der Waals surface area contributed by atoms with E-state index in [1.165, 1.54) is 23.5 Å². The highest BCUT2D eigenvalue weighted by atomic mass is 32.1. The Hall–Kier alpha value is -3.50. The maximum atomic E-state index is 10.9. The highest BCUT2D eigenvalue weighted by molar-refractivity contribution is 7.11. The molecular formula is C20H16N4O2S. The van der Waals surface area contributed by atoms with Crippen molar-refractivity contribution in [1.82, 2.24) is 4.98 Å². The number of thiazole rings is 1. The number of nitro benzene ring substituents is 1. The molecule has 1 N–H and O–H groups in total. The third-order valence-corrected chi connectivity index (χ3v) is 5.06. The number of allylic oxidation sites excluding steroid dienone is 1. The smallest absolute Gasteiger partial charge is 0.270 e. The van der Waals surface area contributed by atoms with E-state index in [9.17, 15) is 15.4 Å². The second-order valence-corrected chi connectivity index (χ2v) is 6.77. The molecule has 2 aromatic carbocycles. The zero-order valence-corrected chi connectivity index (χ0v) is 15.6. The van der Waals surface area contributed by atoms with Gasteiger partial charge in [-0.25, -0.2) is 4.98 Å². The molecule has 3 rings (SSSR count). The van der Waals surface area contributed by atoms with Crippen LogP contribution in [0.25, 0.3) is 16.8 Å². The Bertz CT molecular complexity index is 1080. The van der Waals surface area contributed by atoms with Crippen LogP contribution in [0.3, 0.4) is 0 Å². The quantitative estimate of drug-likeness (QED) is 0.370. The second-order valence-electron chi connectivity index (χ2n) is 5.91. The van der Waals surface area contributed by atoms with Gasteiger partial charge in [0.2, 0.25) is 0 Å². The maximum absolute atomic E-state index is 10.9. The van der Waals surface area contributed by atoms with E-state index >= 15 is 0 Å². The third kappa shape index (κ3) is 4.02. The Labute approximate surface area is 160 Å². The molecule has 0 aliphatic carbocycles. The number of anilines is 1. The fraction of sp³-hybridized carbons (Fsp3) is 0.100. The van der Waals surface area contributed by atoms with Crippen LogP contribution in [-0.4, -0.2) is 9.91 Å². The van der Waals surface area contributed by atoms with Crippen LogP contribution in [0.15, 0.2) is 54.0 Å². The summed E-state index contributed by atoms with van der Waals surface area (Å²) < 4.78 is 0. The van der Waals surface area contributed by atoms with Gasteiger partial charge in [-0.3, -0.25) is 10.1 Å². The third-order valence-electron chi connectivity index (χ3n) is 4.18. The molecule has 3 aromatic rings. The fourth-order valence-corrected chi connectivity index (χ4v) is 3.30. The summed E-state index contributed by atoms with van der Waals surface area (Å²) in [6, 6.07) is 14.4. The number of non-ortho nitro benzene ring substituents is 1.